The van der Waals surface area contributed by atoms with Gasteiger partial charge in [-0.1, -0.05) is 38.4 Å². The third kappa shape index (κ3) is 6.67. The van der Waals surface area contributed by atoms with Crippen molar-refractivity contribution in [2.24, 2.45) is 5.41 Å². The lowest BCUT2D eigenvalue weighted by Gasteiger charge is -2.13. The minimum absolute atomic E-state index is 0.00770. The van der Waals surface area contributed by atoms with Gasteiger partial charge in [0, 0.05) is 19.2 Å². The topological polar surface area (TPSA) is 114 Å². The Kier molecular flexibility index (Phi) is 7.75. The smallest absolute Gasteiger partial charge is 0.272 e. The molecule has 10 heteroatoms. The number of halogens is 3. The van der Waals surface area contributed by atoms with Crippen molar-refractivity contribution >= 4 is 51.1 Å². The van der Waals surface area contributed by atoms with E-state index < -0.39 is 11.7 Å². The number of hydrogen-bond acceptors (Lipinski definition) is 5. The van der Waals surface area contributed by atoms with Crippen LogP contribution in [0, 0.1) is 11.2 Å². The first-order chi connectivity index (χ1) is 14.0. The number of aromatic nitrogens is 3. The molecule has 1 amide bonds. The highest BCUT2D eigenvalue weighted by atomic mass is 35.5. The molecule has 0 saturated heterocycles. The average Bonchev–Trinajstić information content (AvgIpc) is 3.02. The van der Waals surface area contributed by atoms with Crippen molar-refractivity contribution in [3.63, 3.8) is 0 Å². The molecule has 7 nitrogen and oxygen atoms in total. The van der Waals surface area contributed by atoms with Gasteiger partial charge in [-0.25, -0.2) is 14.4 Å². The van der Waals surface area contributed by atoms with E-state index in [4.69, 9.17) is 28.9 Å². The fraction of sp³-hybridized carbons (Fsp3) is 0.300. The predicted molar refractivity (Wildman–Crippen MR) is 116 cm³/mol. The van der Waals surface area contributed by atoms with E-state index in [1.807, 2.05) is 20.8 Å². The van der Waals surface area contributed by atoms with Gasteiger partial charge >= 0.3 is 0 Å². The molecule has 0 aliphatic rings. The number of nitrogens with one attached hydrogen (secondary N) is 2. The molecule has 0 unspecified atom stereocenters. The van der Waals surface area contributed by atoms with Crippen molar-refractivity contribution in [1.82, 2.24) is 20.3 Å². The zero-order valence-corrected chi connectivity index (χ0v) is 18.2. The standard InChI is InChI=1S/C14H11ClFN5O.C6H11ClO/c15-8-3-7(1-2-9(8)16)4-19-14(22)13-12-11(20-6-21-13)10(17)5-18-12;1-6(2,3)4-5(7)8/h1-3,5-6,18H,4,17H2,(H,19,22);4H2,1-3H3. The summed E-state index contributed by atoms with van der Waals surface area (Å²) in [6.07, 6.45) is 3.28. The second kappa shape index (κ2) is 9.86. The van der Waals surface area contributed by atoms with Crippen LogP contribution >= 0.6 is 23.2 Å². The molecule has 30 heavy (non-hydrogen) atoms. The summed E-state index contributed by atoms with van der Waals surface area (Å²) in [5, 5.41) is 2.45. The number of benzene rings is 1. The molecule has 2 heterocycles. The number of carbonyl (C=O) groups is 2. The number of hydrogen-bond donors (Lipinski definition) is 3. The summed E-state index contributed by atoms with van der Waals surface area (Å²) in [5.74, 6) is -0.897. The van der Waals surface area contributed by atoms with Crippen LogP contribution in [0.4, 0.5) is 10.1 Å². The highest BCUT2D eigenvalue weighted by Gasteiger charge is 2.15. The van der Waals surface area contributed by atoms with Crippen LogP contribution in [0.5, 0.6) is 0 Å². The van der Waals surface area contributed by atoms with Gasteiger partial charge in [0.25, 0.3) is 5.91 Å². The Morgan fingerprint density at radius 1 is 1.27 bits per heavy atom. The zero-order chi connectivity index (χ0) is 22.5. The highest BCUT2D eigenvalue weighted by molar-refractivity contribution is 6.63. The summed E-state index contributed by atoms with van der Waals surface area (Å²) in [7, 11) is 0. The molecule has 160 valence electrons. The second-order valence-electron chi connectivity index (χ2n) is 7.71. The van der Waals surface area contributed by atoms with Crippen LogP contribution in [0.15, 0.2) is 30.7 Å². The van der Waals surface area contributed by atoms with Crippen LogP contribution in [0.3, 0.4) is 0 Å². The SMILES string of the molecule is CC(C)(C)CC(=O)Cl.Nc1c[nH]c2c(C(=O)NCc3ccc(F)c(Cl)c3)ncnc12. The van der Waals surface area contributed by atoms with Crippen LogP contribution in [0.2, 0.25) is 5.02 Å². The molecule has 0 spiro atoms. The molecule has 0 aliphatic heterocycles. The Hall–Kier alpha value is -2.71. The number of amides is 1. The number of H-pyrrole nitrogens is 1. The fourth-order valence-corrected chi connectivity index (χ4v) is 3.07. The fourth-order valence-electron chi connectivity index (χ4n) is 2.46. The second-order valence-corrected chi connectivity index (χ2v) is 8.54. The molecule has 1 aromatic carbocycles. The molecule has 0 radical (unpaired) electrons. The summed E-state index contributed by atoms with van der Waals surface area (Å²) >= 11 is 10.8. The number of rotatable bonds is 4. The number of nitrogen functional groups attached to an aromatic ring is 1. The Morgan fingerprint density at radius 2 is 1.97 bits per heavy atom. The number of nitrogens with zero attached hydrogens (tertiary/aromatic N) is 2. The van der Waals surface area contributed by atoms with Crippen molar-refractivity contribution in [2.45, 2.75) is 33.7 Å². The predicted octanol–water partition coefficient (Wildman–Crippen LogP) is 4.45. The van der Waals surface area contributed by atoms with E-state index in [9.17, 15) is 14.0 Å². The molecular formula is C20H22Cl2FN5O2. The lowest BCUT2D eigenvalue weighted by Crippen LogP contribution is -2.24. The third-order valence-corrected chi connectivity index (χ3v) is 4.24. The number of carbonyl (C=O) groups excluding carboxylic acids is 2. The summed E-state index contributed by atoms with van der Waals surface area (Å²) in [6.45, 7) is 6.13. The summed E-state index contributed by atoms with van der Waals surface area (Å²) in [5.41, 5.74) is 8.04. The van der Waals surface area contributed by atoms with E-state index in [0.29, 0.717) is 28.7 Å². The van der Waals surface area contributed by atoms with Crippen molar-refractivity contribution in [3.05, 3.63) is 52.8 Å². The monoisotopic (exact) mass is 453 g/mol. The van der Waals surface area contributed by atoms with Gasteiger partial charge < -0.3 is 16.0 Å². The van der Waals surface area contributed by atoms with Gasteiger partial charge in [0.05, 0.1) is 16.2 Å². The van der Waals surface area contributed by atoms with Crippen molar-refractivity contribution in [3.8, 4) is 0 Å². The van der Waals surface area contributed by atoms with Gasteiger partial charge in [-0.05, 0) is 34.7 Å². The normalized spacial score (nSPS) is 11.0. The maximum absolute atomic E-state index is 13.1. The van der Waals surface area contributed by atoms with E-state index >= 15 is 0 Å². The molecule has 0 aliphatic carbocycles. The lowest BCUT2D eigenvalue weighted by atomic mass is 9.93. The minimum atomic E-state index is -0.504. The van der Waals surface area contributed by atoms with Gasteiger partial charge in [0.2, 0.25) is 5.24 Å². The maximum atomic E-state index is 13.1. The molecule has 0 fully saturated rings. The van der Waals surface area contributed by atoms with Gasteiger partial charge in [-0.15, -0.1) is 0 Å². The number of nitrogens with two attached hydrogens (primary N) is 1. The quantitative estimate of drug-likeness (QED) is 0.504. The zero-order valence-electron chi connectivity index (χ0n) is 16.7. The van der Waals surface area contributed by atoms with Crippen molar-refractivity contribution in [1.29, 1.82) is 0 Å². The van der Waals surface area contributed by atoms with Gasteiger partial charge in [0.1, 0.15) is 17.7 Å². The van der Waals surface area contributed by atoms with Crippen LogP contribution in [-0.2, 0) is 11.3 Å². The van der Waals surface area contributed by atoms with Crippen molar-refractivity contribution in [2.75, 3.05) is 5.73 Å². The van der Waals surface area contributed by atoms with Gasteiger partial charge in [0.15, 0.2) is 5.69 Å². The molecule has 4 N–H and O–H groups in total. The van der Waals surface area contributed by atoms with Crippen LogP contribution in [0.1, 0.15) is 43.2 Å². The Morgan fingerprint density at radius 3 is 2.53 bits per heavy atom. The summed E-state index contributed by atoms with van der Waals surface area (Å²) in [6, 6.07) is 4.25. The molecular weight excluding hydrogens is 432 g/mol. The van der Waals surface area contributed by atoms with E-state index in [1.165, 1.54) is 18.5 Å². The minimum Gasteiger partial charge on any atom is -0.396 e. The van der Waals surface area contributed by atoms with Gasteiger partial charge in [-0.3, -0.25) is 9.59 Å². The Bertz CT molecular complexity index is 1060. The highest BCUT2D eigenvalue weighted by Crippen LogP contribution is 2.20. The lowest BCUT2D eigenvalue weighted by molar-refractivity contribution is -0.113. The number of anilines is 1. The molecule has 0 bridgehead atoms. The van der Waals surface area contributed by atoms with E-state index in [2.05, 4.69) is 20.3 Å². The van der Waals surface area contributed by atoms with Crippen molar-refractivity contribution < 1.29 is 14.0 Å². The molecule has 2 aromatic heterocycles. The summed E-state index contributed by atoms with van der Waals surface area (Å²) in [4.78, 5) is 33.3. The Labute approximate surface area is 183 Å². The average molecular weight is 454 g/mol. The first kappa shape index (κ1) is 23.6. The van der Waals surface area contributed by atoms with E-state index in [0.717, 1.165) is 0 Å². The largest absolute Gasteiger partial charge is 0.396 e. The number of aromatic amines is 1. The first-order valence-electron chi connectivity index (χ1n) is 8.96. The van der Waals surface area contributed by atoms with Gasteiger partial charge in [-0.2, -0.15) is 0 Å². The molecule has 3 aromatic rings. The molecule has 0 atom stereocenters. The van der Waals surface area contributed by atoms with Crippen LogP contribution in [0.25, 0.3) is 11.0 Å². The molecule has 0 saturated carbocycles. The van der Waals surface area contributed by atoms with E-state index in [1.54, 1.807) is 12.3 Å². The number of fused-ring (bicyclic) bond motifs is 1. The van der Waals surface area contributed by atoms with Crippen LogP contribution in [-0.4, -0.2) is 26.1 Å². The van der Waals surface area contributed by atoms with Crippen LogP contribution < -0.4 is 11.1 Å². The third-order valence-electron chi connectivity index (χ3n) is 3.81. The van der Waals surface area contributed by atoms with E-state index in [-0.39, 0.29) is 27.9 Å². The molecule has 3 rings (SSSR count). The Balaban J connectivity index is 0.000000343. The summed E-state index contributed by atoms with van der Waals surface area (Å²) < 4.78 is 13.1. The maximum Gasteiger partial charge on any atom is 0.272 e. The first-order valence-corrected chi connectivity index (χ1v) is 9.71.